The third-order valence-electron chi connectivity index (χ3n) is 3.56. The maximum absolute atomic E-state index is 11.7. The second-order valence-corrected chi connectivity index (χ2v) is 5.66. The van der Waals surface area contributed by atoms with Gasteiger partial charge in [0.2, 0.25) is 0 Å². The lowest BCUT2D eigenvalue weighted by Gasteiger charge is -2.08. The van der Waals surface area contributed by atoms with Gasteiger partial charge in [0.15, 0.2) is 5.65 Å². The van der Waals surface area contributed by atoms with Gasteiger partial charge >= 0.3 is 5.97 Å². The molecule has 0 fully saturated rings. The highest BCUT2D eigenvalue weighted by Crippen LogP contribution is 2.23. The Morgan fingerprint density at radius 3 is 2.44 bits per heavy atom. The fourth-order valence-electron chi connectivity index (χ4n) is 2.43. The monoisotopic (exact) mass is 366 g/mol. The zero-order valence-corrected chi connectivity index (χ0v) is 15.9. The minimum absolute atomic E-state index is 0.121. The van der Waals surface area contributed by atoms with Crippen molar-refractivity contribution >= 4 is 17.1 Å². The summed E-state index contributed by atoms with van der Waals surface area (Å²) >= 11 is 0. The molecule has 0 aliphatic carbocycles. The number of benzene rings is 1. The van der Waals surface area contributed by atoms with E-state index in [-0.39, 0.29) is 6.42 Å². The first-order chi connectivity index (χ1) is 13.1. The first-order valence-corrected chi connectivity index (χ1v) is 8.56. The molecular weight excluding hydrogens is 344 g/mol. The zero-order valence-electron chi connectivity index (χ0n) is 15.9. The first-order valence-electron chi connectivity index (χ1n) is 8.56. The average molecular weight is 366 g/mol. The van der Waals surface area contributed by atoms with Gasteiger partial charge in [0.25, 0.3) is 0 Å². The molecule has 0 bridgehead atoms. The Kier molecular flexibility index (Phi) is 6.89. The van der Waals surface area contributed by atoms with Crippen LogP contribution in [0, 0.1) is 11.3 Å². The molecule has 27 heavy (non-hydrogen) atoms. The van der Waals surface area contributed by atoms with Gasteiger partial charge in [-0.3, -0.25) is 4.57 Å². The molecule has 7 heteroatoms. The topological polar surface area (TPSA) is 90.0 Å². The van der Waals surface area contributed by atoms with Crippen LogP contribution in [0.5, 0.6) is 5.75 Å². The summed E-state index contributed by atoms with van der Waals surface area (Å²) in [7, 11) is 2.90. The van der Waals surface area contributed by atoms with E-state index in [4.69, 9.17) is 14.7 Å². The lowest BCUT2D eigenvalue weighted by Crippen LogP contribution is -2.03. The zero-order chi connectivity index (χ0) is 19.8. The van der Waals surface area contributed by atoms with Gasteiger partial charge in [0.1, 0.15) is 17.1 Å². The molecule has 0 atom stereocenters. The number of nitrogens with zero attached hydrogens (tertiary/aromatic N) is 4. The number of methoxy groups -OCH3 is 2. The molecule has 0 amide bonds. The number of carbonyl (C=O) groups is 1. The van der Waals surface area contributed by atoms with Gasteiger partial charge in [-0.05, 0) is 30.3 Å². The maximum atomic E-state index is 11.7. The fraction of sp³-hybridized carbons (Fsp3) is 0.300. The second-order valence-electron chi connectivity index (χ2n) is 5.66. The van der Waals surface area contributed by atoms with Crippen LogP contribution in [0.2, 0.25) is 0 Å². The van der Waals surface area contributed by atoms with E-state index in [0.717, 1.165) is 11.4 Å². The number of ether oxygens (including phenoxy) is 2. The van der Waals surface area contributed by atoms with E-state index in [1.54, 1.807) is 17.7 Å². The van der Waals surface area contributed by atoms with Gasteiger partial charge in [-0.1, -0.05) is 20.3 Å². The Labute approximate surface area is 158 Å². The fourth-order valence-corrected chi connectivity index (χ4v) is 2.43. The second kappa shape index (κ2) is 9.34. The van der Waals surface area contributed by atoms with Crippen molar-refractivity contribution in [3.63, 3.8) is 0 Å². The molecule has 0 radical (unpaired) electrons. The van der Waals surface area contributed by atoms with Crippen LogP contribution >= 0.6 is 0 Å². The summed E-state index contributed by atoms with van der Waals surface area (Å²) in [6.45, 7) is 4.25. The number of imidazole rings is 1. The molecule has 0 saturated carbocycles. The number of hydrogen-bond donors (Lipinski definition) is 0. The Hall–Kier alpha value is -3.40. The van der Waals surface area contributed by atoms with Crippen molar-refractivity contribution in [2.45, 2.75) is 26.7 Å². The Balaban J connectivity index is 0.000000817. The third-order valence-corrected chi connectivity index (χ3v) is 3.56. The van der Waals surface area contributed by atoms with Crippen LogP contribution < -0.4 is 4.74 Å². The molecule has 3 rings (SSSR count). The number of carbonyl (C=O) groups excluding carboxylic acids is 1. The van der Waals surface area contributed by atoms with Crippen LogP contribution in [0.25, 0.3) is 16.9 Å². The van der Waals surface area contributed by atoms with Gasteiger partial charge in [-0.25, -0.2) is 14.8 Å². The highest BCUT2D eigenvalue weighted by molar-refractivity contribution is 5.92. The van der Waals surface area contributed by atoms with Crippen LogP contribution in [-0.2, 0) is 11.2 Å². The van der Waals surface area contributed by atoms with E-state index in [1.165, 1.54) is 19.7 Å². The van der Waals surface area contributed by atoms with Crippen molar-refractivity contribution in [3.05, 3.63) is 47.9 Å². The van der Waals surface area contributed by atoms with Crippen molar-refractivity contribution in [2.24, 2.45) is 0 Å². The molecule has 0 aliphatic rings. The average Bonchev–Trinajstić information content (AvgIpc) is 3.05. The molecule has 0 spiro atoms. The van der Waals surface area contributed by atoms with Gasteiger partial charge in [0, 0.05) is 11.9 Å². The van der Waals surface area contributed by atoms with E-state index >= 15 is 0 Å². The summed E-state index contributed by atoms with van der Waals surface area (Å²) in [6.07, 6.45) is 2.81. The smallest absolute Gasteiger partial charge is 0.339 e. The van der Waals surface area contributed by atoms with Crippen LogP contribution in [0.4, 0.5) is 0 Å². The Morgan fingerprint density at radius 2 is 1.89 bits per heavy atom. The molecule has 2 aromatic heterocycles. The number of aromatic nitrogens is 3. The summed E-state index contributed by atoms with van der Waals surface area (Å²) in [5.41, 5.74) is 2.21. The van der Waals surface area contributed by atoms with Crippen molar-refractivity contribution in [2.75, 3.05) is 14.2 Å². The van der Waals surface area contributed by atoms with E-state index < -0.39 is 5.97 Å². The summed E-state index contributed by atoms with van der Waals surface area (Å²) < 4.78 is 11.7. The molecule has 140 valence electrons. The Bertz CT molecular complexity index is 956. The number of fused-ring (bicyclic) bond motifs is 1. The van der Waals surface area contributed by atoms with Crippen LogP contribution in [-0.4, -0.2) is 34.7 Å². The van der Waals surface area contributed by atoms with Crippen LogP contribution in [0.3, 0.4) is 0 Å². The lowest BCUT2D eigenvalue weighted by molar-refractivity contribution is 0.0600. The summed E-state index contributed by atoms with van der Waals surface area (Å²) in [6, 6.07) is 11.1. The van der Waals surface area contributed by atoms with Gasteiger partial charge < -0.3 is 9.47 Å². The van der Waals surface area contributed by atoms with E-state index in [1.807, 2.05) is 24.3 Å². The molecule has 3 aromatic rings. The van der Waals surface area contributed by atoms with Crippen molar-refractivity contribution in [1.82, 2.24) is 14.5 Å². The number of esters is 1. The number of pyridine rings is 1. The predicted octanol–water partition coefficient (Wildman–Crippen LogP) is 3.70. The highest BCUT2D eigenvalue weighted by Gasteiger charge is 2.16. The Morgan fingerprint density at radius 1 is 1.22 bits per heavy atom. The minimum Gasteiger partial charge on any atom is -0.497 e. The lowest BCUT2D eigenvalue weighted by atomic mass is 10.2. The molecule has 1 aromatic carbocycles. The third kappa shape index (κ3) is 4.42. The highest BCUT2D eigenvalue weighted by atomic mass is 16.5. The largest absolute Gasteiger partial charge is 0.497 e. The van der Waals surface area contributed by atoms with Crippen molar-refractivity contribution in [1.29, 1.82) is 5.26 Å². The number of hydrogen-bond acceptors (Lipinski definition) is 6. The molecule has 0 aliphatic heterocycles. The van der Waals surface area contributed by atoms with Gasteiger partial charge in [-0.2, -0.15) is 5.26 Å². The predicted molar refractivity (Wildman–Crippen MR) is 102 cm³/mol. The molecule has 2 heterocycles. The summed E-state index contributed by atoms with van der Waals surface area (Å²) in [4.78, 5) is 20.4. The molecular formula is C20H22N4O3. The SMILES string of the molecule is CCC.COC(=O)c1cnc2c(c1)nc(CC#N)n2-c1ccc(OC)cc1. The van der Waals surface area contributed by atoms with Gasteiger partial charge in [-0.15, -0.1) is 0 Å². The van der Waals surface area contributed by atoms with E-state index in [9.17, 15) is 4.79 Å². The number of nitriles is 1. The molecule has 0 saturated heterocycles. The van der Waals surface area contributed by atoms with E-state index in [0.29, 0.717) is 22.6 Å². The summed E-state index contributed by atoms with van der Waals surface area (Å²) in [5.74, 6) is 0.795. The van der Waals surface area contributed by atoms with Gasteiger partial charge in [0.05, 0.1) is 32.3 Å². The van der Waals surface area contributed by atoms with E-state index in [2.05, 4.69) is 29.9 Å². The summed E-state index contributed by atoms with van der Waals surface area (Å²) in [5, 5.41) is 9.06. The maximum Gasteiger partial charge on any atom is 0.339 e. The van der Waals surface area contributed by atoms with Crippen molar-refractivity contribution < 1.29 is 14.3 Å². The number of rotatable bonds is 4. The quantitative estimate of drug-likeness (QED) is 0.654. The minimum atomic E-state index is -0.481. The van der Waals surface area contributed by atoms with Crippen LogP contribution in [0.15, 0.2) is 36.5 Å². The first kappa shape index (κ1) is 19.9. The standard InChI is InChI=1S/C17H14N4O3.C3H8/c1-23-13-5-3-12(4-6-13)21-15(7-8-18)20-14-9-11(17(22)24-2)10-19-16(14)21;1-3-2/h3-6,9-10H,7H2,1-2H3;3H2,1-2H3. The molecule has 0 unspecified atom stereocenters. The molecule has 0 N–H and O–H groups in total. The van der Waals surface area contributed by atoms with Crippen LogP contribution in [0.1, 0.15) is 36.5 Å². The molecule has 7 nitrogen and oxygen atoms in total. The normalized spacial score (nSPS) is 9.89. The van der Waals surface area contributed by atoms with Crippen molar-refractivity contribution in [3.8, 4) is 17.5 Å².